The highest BCUT2D eigenvalue weighted by atomic mass is 14.9. The lowest BCUT2D eigenvalue weighted by Gasteiger charge is -2.35. The average molecular weight is 206 g/mol. The third-order valence-electron chi connectivity index (χ3n) is 3.95. The van der Waals surface area contributed by atoms with Gasteiger partial charge in [0.05, 0.1) is 0 Å². The van der Waals surface area contributed by atoms with Crippen LogP contribution in [0.2, 0.25) is 0 Å². The van der Waals surface area contributed by atoms with Crippen molar-refractivity contribution in [3.05, 3.63) is 24.0 Å². The molecular weight excluding hydrogens is 184 g/mol. The van der Waals surface area contributed by atoms with Gasteiger partial charge in [0.2, 0.25) is 0 Å². The van der Waals surface area contributed by atoms with Crippen LogP contribution in [0.4, 0.5) is 0 Å². The van der Waals surface area contributed by atoms with Crippen molar-refractivity contribution >= 4 is 0 Å². The predicted molar refractivity (Wildman–Crippen MR) is 64.0 cm³/mol. The fourth-order valence-corrected chi connectivity index (χ4v) is 2.94. The van der Waals surface area contributed by atoms with Gasteiger partial charge >= 0.3 is 0 Å². The molecular formula is C13H22N2. The van der Waals surface area contributed by atoms with Gasteiger partial charge in [-0.15, -0.1) is 0 Å². The Kier molecular flexibility index (Phi) is 3.47. The van der Waals surface area contributed by atoms with Crippen molar-refractivity contribution in [1.29, 1.82) is 0 Å². The molecule has 2 rings (SSSR count). The van der Waals surface area contributed by atoms with Gasteiger partial charge in [-0.3, -0.25) is 0 Å². The van der Waals surface area contributed by atoms with E-state index >= 15 is 0 Å². The molecule has 2 nitrogen and oxygen atoms in total. The van der Waals surface area contributed by atoms with Gasteiger partial charge in [-0.1, -0.05) is 13.3 Å². The lowest BCUT2D eigenvalue weighted by Crippen LogP contribution is -2.34. The van der Waals surface area contributed by atoms with Crippen molar-refractivity contribution in [1.82, 2.24) is 10.3 Å². The van der Waals surface area contributed by atoms with Crippen LogP contribution in [0.15, 0.2) is 18.3 Å². The first-order chi connectivity index (χ1) is 7.35. The largest absolute Gasteiger partial charge is 0.365 e. The number of hydrogen-bond acceptors (Lipinski definition) is 1. The van der Waals surface area contributed by atoms with Crippen LogP contribution in [0.25, 0.3) is 0 Å². The molecule has 3 atom stereocenters. The van der Waals surface area contributed by atoms with E-state index in [1.807, 2.05) is 6.20 Å². The Morgan fingerprint density at radius 3 is 2.93 bits per heavy atom. The van der Waals surface area contributed by atoms with Crippen LogP contribution in [0, 0.1) is 5.92 Å². The monoisotopic (exact) mass is 206 g/mol. The number of nitrogens with one attached hydrogen (secondary N) is 2. The van der Waals surface area contributed by atoms with Gasteiger partial charge in [0.15, 0.2) is 0 Å². The summed E-state index contributed by atoms with van der Waals surface area (Å²) in [5.74, 6) is 1.60. The van der Waals surface area contributed by atoms with Crippen molar-refractivity contribution in [2.75, 3.05) is 7.05 Å². The summed E-state index contributed by atoms with van der Waals surface area (Å²) in [5, 5.41) is 3.43. The molecule has 0 aromatic carbocycles. The van der Waals surface area contributed by atoms with E-state index in [2.05, 4.69) is 36.4 Å². The van der Waals surface area contributed by atoms with E-state index in [0.29, 0.717) is 6.04 Å². The van der Waals surface area contributed by atoms with Gasteiger partial charge in [0.25, 0.3) is 0 Å². The molecule has 0 saturated heterocycles. The molecule has 2 N–H and O–H groups in total. The molecule has 3 unspecified atom stereocenters. The van der Waals surface area contributed by atoms with Crippen LogP contribution in [-0.2, 0) is 0 Å². The summed E-state index contributed by atoms with van der Waals surface area (Å²) < 4.78 is 0. The summed E-state index contributed by atoms with van der Waals surface area (Å²) in [6.07, 6.45) is 7.35. The third kappa shape index (κ3) is 2.25. The highest BCUT2D eigenvalue weighted by Crippen LogP contribution is 2.38. The Labute approximate surface area is 92.5 Å². The molecule has 0 radical (unpaired) electrons. The van der Waals surface area contributed by atoms with Gasteiger partial charge < -0.3 is 10.3 Å². The summed E-state index contributed by atoms with van der Waals surface area (Å²) in [7, 11) is 2.09. The van der Waals surface area contributed by atoms with E-state index in [0.717, 1.165) is 11.8 Å². The Balaban J connectivity index is 2.10. The van der Waals surface area contributed by atoms with Crippen LogP contribution in [-0.4, -0.2) is 18.1 Å². The van der Waals surface area contributed by atoms with E-state index in [-0.39, 0.29) is 0 Å². The Bertz CT molecular complexity index is 279. The fourth-order valence-electron chi connectivity index (χ4n) is 2.94. The molecule has 1 aromatic heterocycles. The number of hydrogen-bond donors (Lipinski definition) is 2. The number of aromatic amines is 1. The second-order valence-electron chi connectivity index (χ2n) is 4.70. The lowest BCUT2D eigenvalue weighted by atomic mass is 9.74. The number of H-pyrrole nitrogens is 1. The number of rotatable bonds is 3. The van der Waals surface area contributed by atoms with Crippen molar-refractivity contribution < 1.29 is 0 Å². The van der Waals surface area contributed by atoms with E-state index < -0.39 is 0 Å². The summed E-state index contributed by atoms with van der Waals surface area (Å²) >= 11 is 0. The van der Waals surface area contributed by atoms with E-state index in [4.69, 9.17) is 0 Å². The first-order valence-electron chi connectivity index (χ1n) is 6.15. The van der Waals surface area contributed by atoms with Crippen molar-refractivity contribution in [3.63, 3.8) is 0 Å². The highest BCUT2D eigenvalue weighted by molar-refractivity contribution is 5.13. The summed E-state index contributed by atoms with van der Waals surface area (Å²) in [5.41, 5.74) is 1.43. The molecule has 1 heterocycles. The van der Waals surface area contributed by atoms with Crippen LogP contribution >= 0.6 is 0 Å². The van der Waals surface area contributed by atoms with Crippen LogP contribution in [0.1, 0.15) is 44.2 Å². The maximum absolute atomic E-state index is 3.43. The van der Waals surface area contributed by atoms with Gasteiger partial charge in [-0.05, 0) is 44.4 Å². The zero-order valence-electron chi connectivity index (χ0n) is 9.79. The molecule has 0 spiro atoms. The molecule has 1 fully saturated rings. The van der Waals surface area contributed by atoms with E-state index in [1.165, 1.54) is 31.4 Å². The van der Waals surface area contributed by atoms with Crippen molar-refractivity contribution in [2.24, 2.45) is 5.92 Å². The first-order valence-corrected chi connectivity index (χ1v) is 6.15. The molecule has 84 valence electrons. The van der Waals surface area contributed by atoms with E-state index in [9.17, 15) is 0 Å². The summed E-state index contributed by atoms with van der Waals surface area (Å²) in [4.78, 5) is 3.39. The predicted octanol–water partition coefficient (Wildman–Crippen LogP) is 2.90. The van der Waals surface area contributed by atoms with Crippen molar-refractivity contribution in [2.45, 2.75) is 44.6 Å². The van der Waals surface area contributed by atoms with Crippen LogP contribution in [0.3, 0.4) is 0 Å². The maximum Gasteiger partial charge on any atom is 0.0182 e. The molecule has 1 saturated carbocycles. The van der Waals surface area contributed by atoms with Crippen LogP contribution < -0.4 is 5.32 Å². The smallest absolute Gasteiger partial charge is 0.0182 e. The second-order valence-corrected chi connectivity index (χ2v) is 4.70. The van der Waals surface area contributed by atoms with Gasteiger partial charge in [0.1, 0.15) is 0 Å². The normalized spacial score (nSPS) is 31.7. The molecule has 1 aromatic rings. The molecule has 0 bridgehead atoms. The quantitative estimate of drug-likeness (QED) is 0.782. The fraction of sp³-hybridized carbons (Fsp3) is 0.692. The molecule has 1 aliphatic carbocycles. The zero-order chi connectivity index (χ0) is 10.7. The molecule has 0 aliphatic heterocycles. The summed E-state index contributed by atoms with van der Waals surface area (Å²) in [6, 6.07) is 5.07. The minimum atomic E-state index is 0.709. The third-order valence-corrected chi connectivity index (χ3v) is 3.95. The standard InChI is InChI=1S/C13H22N2/c1-3-10-6-7-11(14-2)9-12(10)13-5-4-8-15-13/h4-5,8,10-12,14-15H,3,6-7,9H2,1-2H3. The highest BCUT2D eigenvalue weighted by Gasteiger charge is 2.30. The topological polar surface area (TPSA) is 27.8 Å². The van der Waals surface area contributed by atoms with Gasteiger partial charge in [-0.25, -0.2) is 0 Å². The number of aromatic nitrogens is 1. The Hall–Kier alpha value is -0.760. The lowest BCUT2D eigenvalue weighted by molar-refractivity contribution is 0.251. The minimum absolute atomic E-state index is 0.709. The maximum atomic E-state index is 3.43. The van der Waals surface area contributed by atoms with Crippen LogP contribution in [0.5, 0.6) is 0 Å². The molecule has 15 heavy (non-hydrogen) atoms. The second kappa shape index (κ2) is 4.84. The molecule has 0 amide bonds. The SMILES string of the molecule is CCC1CCC(NC)CC1c1ccc[nH]1. The van der Waals surface area contributed by atoms with Gasteiger partial charge in [-0.2, -0.15) is 0 Å². The van der Waals surface area contributed by atoms with E-state index in [1.54, 1.807) is 0 Å². The summed E-state index contributed by atoms with van der Waals surface area (Å²) in [6.45, 7) is 2.32. The molecule has 1 aliphatic rings. The average Bonchev–Trinajstić information content (AvgIpc) is 2.81. The Morgan fingerprint density at radius 2 is 2.33 bits per heavy atom. The first kappa shape index (κ1) is 10.7. The van der Waals surface area contributed by atoms with Gasteiger partial charge in [0, 0.05) is 23.9 Å². The Morgan fingerprint density at radius 1 is 1.47 bits per heavy atom. The molecule has 2 heteroatoms. The zero-order valence-corrected chi connectivity index (χ0v) is 9.79. The minimum Gasteiger partial charge on any atom is -0.365 e. The van der Waals surface area contributed by atoms with Crippen molar-refractivity contribution in [3.8, 4) is 0 Å².